The van der Waals surface area contributed by atoms with Gasteiger partial charge in [-0.05, 0) is 30.7 Å². The molecule has 2 aromatic heterocycles. The normalized spacial score (nSPS) is 17.8. The molecule has 0 fully saturated rings. The zero-order valence-electron chi connectivity index (χ0n) is 18.1. The van der Waals surface area contributed by atoms with E-state index in [-0.39, 0.29) is 17.5 Å². The Labute approximate surface area is 190 Å². The average Bonchev–Trinajstić information content (AvgIpc) is 3.39. The lowest BCUT2D eigenvalue weighted by Gasteiger charge is -2.28. The molecule has 0 saturated heterocycles. The first kappa shape index (κ1) is 22.5. The van der Waals surface area contributed by atoms with Crippen LogP contribution in [0, 0.1) is 0 Å². The Kier molecular flexibility index (Phi) is 6.36. The van der Waals surface area contributed by atoms with Gasteiger partial charge in [0.25, 0.3) is 0 Å². The number of nitrogens with zero attached hydrogens (tertiary/aromatic N) is 2. The predicted molar refractivity (Wildman–Crippen MR) is 126 cm³/mol. The number of fused-ring (bicyclic) bond motifs is 1. The molecule has 1 N–H and O–H groups in total. The Morgan fingerprint density at radius 2 is 2.16 bits per heavy atom. The number of thiazole rings is 1. The molecule has 4 rings (SSSR count). The van der Waals surface area contributed by atoms with E-state index in [1.54, 1.807) is 19.4 Å². The van der Waals surface area contributed by atoms with Crippen LogP contribution in [0.15, 0.2) is 58.1 Å². The smallest absolute Gasteiger partial charge is 0.327 e. The second-order valence-electron chi connectivity index (χ2n) is 7.61. The van der Waals surface area contributed by atoms with Crippen LogP contribution in [0.3, 0.4) is 0 Å². The van der Waals surface area contributed by atoms with E-state index in [0.29, 0.717) is 29.8 Å². The molecule has 1 aliphatic rings. The molecule has 0 radical (unpaired) electrons. The Hall–Kier alpha value is -2.69. The molecule has 0 aliphatic heterocycles. The predicted octanol–water partition coefficient (Wildman–Crippen LogP) is 3.30. The molecular formula is C22H25N3O5S2. The number of benzene rings is 1. The highest BCUT2D eigenvalue weighted by Gasteiger charge is 2.30. The number of nitrogens with one attached hydrogen (secondary N) is 1. The molecule has 170 valence electrons. The van der Waals surface area contributed by atoms with Gasteiger partial charge in [0.1, 0.15) is 26.7 Å². The molecule has 10 heteroatoms. The van der Waals surface area contributed by atoms with Crippen molar-refractivity contribution in [2.45, 2.75) is 25.5 Å². The van der Waals surface area contributed by atoms with Crippen LogP contribution >= 0.6 is 11.3 Å². The van der Waals surface area contributed by atoms with Crippen LogP contribution in [0.1, 0.15) is 19.4 Å². The highest BCUT2D eigenvalue weighted by molar-refractivity contribution is 7.90. The van der Waals surface area contributed by atoms with Gasteiger partial charge in [-0.25, -0.2) is 18.2 Å². The highest BCUT2D eigenvalue weighted by Crippen LogP contribution is 2.34. The molecule has 0 saturated carbocycles. The maximum atomic E-state index is 13.2. The van der Waals surface area contributed by atoms with Gasteiger partial charge in [-0.15, -0.1) is 11.3 Å². The summed E-state index contributed by atoms with van der Waals surface area (Å²) in [5.74, 6) is 0.466. The first-order valence-electron chi connectivity index (χ1n) is 10.2. The van der Waals surface area contributed by atoms with Crippen molar-refractivity contribution >= 4 is 32.2 Å². The maximum absolute atomic E-state index is 13.2. The number of aromatic amines is 1. The standard InChI is InChI=1S/C22H25N3O5S2/c1-4-30-19-12-14(8-9-18(19)29-2)17(13-32(3,27)28)25-16-7-5-6-15(20(16)24-22(25)26)21-23-10-11-31-21/h5-11,17,19H,4,12-13H2,1-3H3,(H,24,26)/t17-,19?/m1/s1. The molecule has 3 aromatic rings. The molecule has 8 nitrogen and oxygen atoms in total. The van der Waals surface area contributed by atoms with Crippen molar-refractivity contribution in [1.82, 2.24) is 14.5 Å². The number of H-pyrrole nitrogens is 1. The second kappa shape index (κ2) is 9.05. The summed E-state index contributed by atoms with van der Waals surface area (Å²) in [6.45, 7) is 2.38. The summed E-state index contributed by atoms with van der Waals surface area (Å²) in [4.78, 5) is 20.4. The van der Waals surface area contributed by atoms with Crippen molar-refractivity contribution in [2.75, 3.05) is 25.7 Å². The third-order valence-electron chi connectivity index (χ3n) is 5.42. The van der Waals surface area contributed by atoms with Crippen LogP contribution in [-0.4, -0.2) is 54.8 Å². The number of ether oxygens (including phenoxy) is 2. The minimum Gasteiger partial charge on any atom is -0.498 e. The summed E-state index contributed by atoms with van der Waals surface area (Å²) in [6, 6.07) is 4.88. The fourth-order valence-electron chi connectivity index (χ4n) is 4.10. The average molecular weight is 476 g/mol. The van der Waals surface area contributed by atoms with Gasteiger partial charge in [-0.2, -0.15) is 0 Å². The number of para-hydroxylation sites is 1. The van der Waals surface area contributed by atoms with Crippen LogP contribution in [0.25, 0.3) is 21.6 Å². The molecule has 0 spiro atoms. The minimum absolute atomic E-state index is 0.206. The number of rotatable bonds is 8. The molecule has 0 bridgehead atoms. The van der Waals surface area contributed by atoms with Gasteiger partial charge in [-0.1, -0.05) is 12.1 Å². The lowest BCUT2D eigenvalue weighted by Crippen LogP contribution is -2.32. The number of sulfone groups is 1. The molecule has 1 aliphatic carbocycles. The lowest BCUT2D eigenvalue weighted by atomic mass is 9.95. The summed E-state index contributed by atoms with van der Waals surface area (Å²) < 4.78 is 37.5. The fourth-order valence-corrected chi connectivity index (χ4v) is 5.70. The van der Waals surface area contributed by atoms with Crippen molar-refractivity contribution in [3.05, 3.63) is 63.7 Å². The quantitative estimate of drug-likeness (QED) is 0.536. The lowest BCUT2D eigenvalue weighted by molar-refractivity contribution is 0.0450. The van der Waals surface area contributed by atoms with Gasteiger partial charge in [0, 0.05) is 36.4 Å². The van der Waals surface area contributed by atoms with Gasteiger partial charge in [-0.3, -0.25) is 4.57 Å². The molecule has 1 aromatic carbocycles. The van der Waals surface area contributed by atoms with Crippen LogP contribution in [-0.2, 0) is 19.3 Å². The van der Waals surface area contributed by atoms with Crippen molar-refractivity contribution in [1.29, 1.82) is 0 Å². The third kappa shape index (κ3) is 4.43. The van der Waals surface area contributed by atoms with E-state index >= 15 is 0 Å². The molecule has 2 heterocycles. The Morgan fingerprint density at radius 1 is 1.34 bits per heavy atom. The summed E-state index contributed by atoms with van der Waals surface area (Å²) in [5, 5.41) is 2.65. The van der Waals surface area contributed by atoms with Crippen LogP contribution in [0.4, 0.5) is 0 Å². The Balaban J connectivity index is 1.88. The van der Waals surface area contributed by atoms with E-state index in [1.165, 1.54) is 22.2 Å². The first-order valence-corrected chi connectivity index (χ1v) is 13.1. The third-order valence-corrected chi connectivity index (χ3v) is 7.15. The van der Waals surface area contributed by atoms with E-state index in [1.807, 2.05) is 36.6 Å². The molecule has 1 unspecified atom stereocenters. The van der Waals surface area contributed by atoms with E-state index in [9.17, 15) is 13.2 Å². The van der Waals surface area contributed by atoms with Crippen molar-refractivity contribution < 1.29 is 17.9 Å². The topological polar surface area (TPSA) is 103 Å². The number of aromatic nitrogens is 3. The minimum atomic E-state index is -3.40. The number of hydrogen-bond donors (Lipinski definition) is 1. The zero-order valence-corrected chi connectivity index (χ0v) is 19.7. The number of hydrogen-bond acceptors (Lipinski definition) is 7. The Bertz CT molecular complexity index is 1330. The highest BCUT2D eigenvalue weighted by atomic mass is 32.2. The van der Waals surface area contributed by atoms with Crippen LogP contribution in [0.2, 0.25) is 0 Å². The van der Waals surface area contributed by atoms with Crippen molar-refractivity contribution in [3.8, 4) is 10.6 Å². The monoisotopic (exact) mass is 475 g/mol. The summed E-state index contributed by atoms with van der Waals surface area (Å²) in [6.07, 6.45) is 6.61. The number of allylic oxidation sites excluding steroid dienone is 2. The molecular weight excluding hydrogens is 450 g/mol. The van der Waals surface area contributed by atoms with E-state index in [0.717, 1.165) is 16.1 Å². The fraction of sp³-hybridized carbons (Fsp3) is 0.364. The first-order chi connectivity index (χ1) is 15.3. The van der Waals surface area contributed by atoms with Gasteiger partial charge in [0.2, 0.25) is 0 Å². The van der Waals surface area contributed by atoms with Crippen LogP contribution in [0.5, 0.6) is 0 Å². The summed E-state index contributed by atoms with van der Waals surface area (Å²) in [7, 11) is -1.83. The van der Waals surface area contributed by atoms with E-state index < -0.39 is 15.9 Å². The van der Waals surface area contributed by atoms with E-state index in [4.69, 9.17) is 9.47 Å². The van der Waals surface area contributed by atoms with Crippen molar-refractivity contribution in [3.63, 3.8) is 0 Å². The van der Waals surface area contributed by atoms with Gasteiger partial charge >= 0.3 is 5.69 Å². The summed E-state index contributed by atoms with van der Waals surface area (Å²) >= 11 is 1.47. The largest absolute Gasteiger partial charge is 0.498 e. The maximum Gasteiger partial charge on any atom is 0.327 e. The van der Waals surface area contributed by atoms with Gasteiger partial charge in [0.15, 0.2) is 0 Å². The van der Waals surface area contributed by atoms with Gasteiger partial charge in [0.05, 0.1) is 29.9 Å². The van der Waals surface area contributed by atoms with Crippen LogP contribution < -0.4 is 5.69 Å². The Morgan fingerprint density at radius 3 is 2.81 bits per heavy atom. The number of methoxy groups -OCH3 is 1. The zero-order chi connectivity index (χ0) is 22.9. The molecule has 32 heavy (non-hydrogen) atoms. The van der Waals surface area contributed by atoms with Crippen molar-refractivity contribution in [2.24, 2.45) is 0 Å². The molecule has 0 amide bonds. The second-order valence-corrected chi connectivity index (χ2v) is 10.7. The molecule has 2 atom stereocenters. The van der Waals surface area contributed by atoms with Gasteiger partial charge < -0.3 is 14.5 Å². The SMILES string of the molecule is CCOC1CC([C@@H](CS(C)(=O)=O)n2c(=O)[nH]c3c(-c4nccs4)cccc32)=CC=C1OC. The summed E-state index contributed by atoms with van der Waals surface area (Å²) in [5.41, 5.74) is 2.49. The van der Waals surface area contributed by atoms with E-state index in [2.05, 4.69) is 9.97 Å². The number of imidazole rings is 1.